The summed E-state index contributed by atoms with van der Waals surface area (Å²) >= 11 is 1.05. The smallest absolute Gasteiger partial charge is 0.407 e. The van der Waals surface area contributed by atoms with Gasteiger partial charge in [-0.25, -0.2) is 9.59 Å². The topological polar surface area (TPSA) is 103 Å². The van der Waals surface area contributed by atoms with Gasteiger partial charge in [0.15, 0.2) is 0 Å². The third kappa shape index (κ3) is 8.58. The third-order valence-electron chi connectivity index (χ3n) is 2.35. The second kappa shape index (κ2) is 8.90. The first-order valence-electron chi connectivity index (χ1n) is 6.98. The van der Waals surface area contributed by atoms with Crippen LogP contribution < -0.4 is 16.0 Å². The van der Waals surface area contributed by atoms with Crippen LogP contribution in [0.5, 0.6) is 0 Å². The molecule has 0 spiro atoms. The number of alkyl carbamates (subject to hydrolysis) is 1. The number of thioether (sulfide) groups is 1. The molecule has 8 heteroatoms. The minimum absolute atomic E-state index is 0.264. The highest BCUT2D eigenvalue weighted by Crippen LogP contribution is 2.18. The Morgan fingerprint density at radius 2 is 1.78 bits per heavy atom. The predicted molar refractivity (Wildman–Crippen MR) is 89.2 cm³/mol. The molecule has 0 fully saturated rings. The van der Waals surface area contributed by atoms with Gasteiger partial charge < -0.3 is 20.7 Å². The molecule has 3 amide bonds. The number of rotatable bonds is 5. The summed E-state index contributed by atoms with van der Waals surface area (Å²) < 4.78 is 5.07. The fraction of sp³-hybridized carbons (Fsp3) is 0.400. The number of anilines is 1. The summed E-state index contributed by atoms with van der Waals surface area (Å²) in [6.45, 7) is 5.86. The third-order valence-corrected chi connectivity index (χ3v) is 2.95. The number of nitrogens with one attached hydrogen (secondary N) is 3. The maximum atomic E-state index is 11.7. The minimum Gasteiger partial charge on any atom is -0.444 e. The number of urea groups is 1. The summed E-state index contributed by atoms with van der Waals surface area (Å²) in [4.78, 5) is 23.9. The molecule has 23 heavy (non-hydrogen) atoms. The largest absolute Gasteiger partial charge is 0.444 e. The Balaban J connectivity index is 2.24. The van der Waals surface area contributed by atoms with Crippen LogP contribution in [0, 0.1) is 10.7 Å². The van der Waals surface area contributed by atoms with E-state index in [2.05, 4.69) is 16.0 Å². The molecule has 0 saturated carbocycles. The number of hydrogen-bond donors (Lipinski definition) is 3. The Bertz CT molecular complexity index is 576. The van der Waals surface area contributed by atoms with Crippen LogP contribution in [0.3, 0.4) is 0 Å². The van der Waals surface area contributed by atoms with Crippen molar-refractivity contribution in [3.05, 3.63) is 24.3 Å². The first-order valence-corrected chi connectivity index (χ1v) is 7.79. The summed E-state index contributed by atoms with van der Waals surface area (Å²) in [5, 5.41) is 18.3. The van der Waals surface area contributed by atoms with E-state index < -0.39 is 11.7 Å². The van der Waals surface area contributed by atoms with Crippen molar-refractivity contribution in [2.45, 2.75) is 31.3 Å². The van der Waals surface area contributed by atoms with Crippen LogP contribution in [0.4, 0.5) is 15.3 Å². The van der Waals surface area contributed by atoms with Crippen molar-refractivity contribution in [2.75, 3.05) is 18.4 Å². The van der Waals surface area contributed by atoms with Gasteiger partial charge in [0.25, 0.3) is 0 Å². The summed E-state index contributed by atoms with van der Waals surface area (Å²) in [7, 11) is 0. The molecule has 0 aliphatic rings. The number of nitriles is 1. The SMILES string of the molecule is CC(C)(C)OC(=O)NCCNC(=O)Nc1ccc(SC#N)cc1. The van der Waals surface area contributed by atoms with E-state index in [1.165, 1.54) is 0 Å². The van der Waals surface area contributed by atoms with Crippen LogP contribution in [0.2, 0.25) is 0 Å². The van der Waals surface area contributed by atoms with E-state index in [0.717, 1.165) is 16.7 Å². The number of carbonyl (C=O) groups is 2. The Hall–Kier alpha value is -2.40. The second-order valence-electron chi connectivity index (χ2n) is 5.53. The lowest BCUT2D eigenvalue weighted by Crippen LogP contribution is -2.39. The zero-order valence-corrected chi connectivity index (χ0v) is 14.1. The molecular formula is C15H20N4O3S. The first kappa shape index (κ1) is 18.6. The van der Waals surface area contributed by atoms with Gasteiger partial charge in [0.05, 0.1) is 0 Å². The lowest BCUT2D eigenvalue weighted by Gasteiger charge is -2.19. The molecule has 0 aromatic heterocycles. The van der Waals surface area contributed by atoms with Crippen LogP contribution in [0.15, 0.2) is 29.2 Å². The van der Waals surface area contributed by atoms with E-state index in [-0.39, 0.29) is 19.1 Å². The fourth-order valence-corrected chi connectivity index (χ4v) is 1.87. The van der Waals surface area contributed by atoms with Crippen LogP contribution in [-0.2, 0) is 4.74 Å². The van der Waals surface area contributed by atoms with Crippen molar-refractivity contribution in [2.24, 2.45) is 0 Å². The number of benzene rings is 1. The van der Waals surface area contributed by atoms with Gasteiger partial charge in [0, 0.05) is 23.7 Å². The number of thiocyanates is 1. The summed E-state index contributed by atoms with van der Waals surface area (Å²) in [5.41, 5.74) is 0.0649. The molecule has 0 bridgehead atoms. The second-order valence-corrected chi connectivity index (χ2v) is 6.39. The molecule has 0 aliphatic heterocycles. The summed E-state index contributed by atoms with van der Waals surface area (Å²) in [6, 6.07) is 6.52. The Kier molecular flexibility index (Phi) is 7.22. The highest BCUT2D eigenvalue weighted by molar-refractivity contribution is 8.03. The number of hydrogen-bond acceptors (Lipinski definition) is 5. The molecule has 0 radical (unpaired) electrons. The molecule has 7 nitrogen and oxygen atoms in total. The molecule has 0 atom stereocenters. The van der Waals surface area contributed by atoms with Crippen molar-refractivity contribution >= 4 is 29.6 Å². The molecule has 1 rings (SSSR count). The molecular weight excluding hydrogens is 316 g/mol. The molecule has 0 saturated heterocycles. The Labute approximate surface area is 139 Å². The predicted octanol–water partition coefficient (Wildman–Crippen LogP) is 2.91. The maximum absolute atomic E-state index is 11.7. The van der Waals surface area contributed by atoms with E-state index in [9.17, 15) is 9.59 Å². The van der Waals surface area contributed by atoms with Crippen molar-refractivity contribution in [3.63, 3.8) is 0 Å². The summed E-state index contributed by atoms with van der Waals surface area (Å²) in [5.74, 6) is 0. The Morgan fingerprint density at radius 1 is 1.17 bits per heavy atom. The fourth-order valence-electron chi connectivity index (χ4n) is 1.49. The van der Waals surface area contributed by atoms with Crippen molar-refractivity contribution in [3.8, 4) is 5.40 Å². The van der Waals surface area contributed by atoms with Gasteiger partial charge in [-0.05, 0) is 56.8 Å². The van der Waals surface area contributed by atoms with Crippen LogP contribution in [0.1, 0.15) is 20.8 Å². The van der Waals surface area contributed by atoms with Gasteiger partial charge in [0.1, 0.15) is 11.0 Å². The van der Waals surface area contributed by atoms with E-state index in [4.69, 9.17) is 10.00 Å². The lowest BCUT2D eigenvalue weighted by atomic mass is 10.2. The van der Waals surface area contributed by atoms with Gasteiger partial charge in [-0.1, -0.05) is 0 Å². The van der Waals surface area contributed by atoms with E-state index in [1.54, 1.807) is 45.0 Å². The molecule has 1 aromatic rings. The van der Waals surface area contributed by atoms with Gasteiger partial charge >= 0.3 is 12.1 Å². The average Bonchev–Trinajstić information content (AvgIpc) is 2.44. The molecule has 1 aromatic carbocycles. The minimum atomic E-state index is -0.551. The first-order chi connectivity index (χ1) is 10.8. The monoisotopic (exact) mass is 336 g/mol. The van der Waals surface area contributed by atoms with Gasteiger partial charge in [-0.2, -0.15) is 5.26 Å². The van der Waals surface area contributed by atoms with E-state index in [0.29, 0.717) is 5.69 Å². The number of nitrogens with zero attached hydrogens (tertiary/aromatic N) is 1. The van der Waals surface area contributed by atoms with Gasteiger partial charge in [0.2, 0.25) is 0 Å². The molecule has 3 N–H and O–H groups in total. The zero-order chi connectivity index (χ0) is 17.3. The maximum Gasteiger partial charge on any atom is 0.407 e. The Morgan fingerprint density at radius 3 is 2.35 bits per heavy atom. The van der Waals surface area contributed by atoms with Gasteiger partial charge in [-0.15, -0.1) is 0 Å². The molecule has 0 heterocycles. The van der Waals surface area contributed by atoms with E-state index in [1.807, 2.05) is 5.40 Å². The van der Waals surface area contributed by atoms with Crippen LogP contribution in [0.25, 0.3) is 0 Å². The number of amides is 3. The normalized spacial score (nSPS) is 10.3. The average molecular weight is 336 g/mol. The highest BCUT2D eigenvalue weighted by Gasteiger charge is 2.15. The number of ether oxygens (including phenoxy) is 1. The summed E-state index contributed by atoms with van der Waals surface area (Å²) in [6.07, 6.45) is -0.523. The van der Waals surface area contributed by atoms with Crippen LogP contribution >= 0.6 is 11.8 Å². The highest BCUT2D eigenvalue weighted by atomic mass is 32.2. The van der Waals surface area contributed by atoms with Crippen LogP contribution in [-0.4, -0.2) is 30.8 Å². The lowest BCUT2D eigenvalue weighted by molar-refractivity contribution is 0.0528. The molecule has 0 unspecified atom stereocenters. The van der Waals surface area contributed by atoms with Crippen molar-refractivity contribution in [1.82, 2.24) is 10.6 Å². The van der Waals surface area contributed by atoms with Gasteiger partial charge in [-0.3, -0.25) is 0 Å². The number of carbonyl (C=O) groups excluding carboxylic acids is 2. The zero-order valence-electron chi connectivity index (χ0n) is 13.3. The quantitative estimate of drug-likeness (QED) is 0.436. The van der Waals surface area contributed by atoms with E-state index >= 15 is 0 Å². The molecule has 0 aliphatic carbocycles. The molecule has 124 valence electrons. The standard InChI is InChI=1S/C15H20N4O3S/c1-15(2,3)22-14(21)18-9-8-17-13(20)19-11-4-6-12(7-5-11)23-10-16/h4-7H,8-9H2,1-3H3,(H,18,21)(H2,17,19,20). The van der Waals surface area contributed by atoms with Crippen molar-refractivity contribution < 1.29 is 14.3 Å². The van der Waals surface area contributed by atoms with Crippen molar-refractivity contribution in [1.29, 1.82) is 5.26 Å².